The van der Waals surface area contributed by atoms with E-state index in [0.717, 1.165) is 35.9 Å². The minimum atomic E-state index is 0.489. The summed E-state index contributed by atoms with van der Waals surface area (Å²) >= 11 is 6.14. The largest absolute Gasteiger partial charge is 0.356 e. The maximum atomic E-state index is 6.14. The molecule has 1 aliphatic heterocycles. The molecule has 1 aliphatic rings. The number of piperidine rings is 1. The van der Waals surface area contributed by atoms with E-state index in [1.54, 1.807) is 0 Å². The molecular formula is C18H19ClN4. The zero-order valence-electron chi connectivity index (χ0n) is 13.1. The molecule has 0 saturated carbocycles. The molecule has 0 radical (unpaired) electrons. The van der Waals surface area contributed by atoms with Crippen molar-refractivity contribution in [3.8, 4) is 0 Å². The van der Waals surface area contributed by atoms with Gasteiger partial charge in [0, 0.05) is 41.3 Å². The fourth-order valence-electron chi connectivity index (χ4n) is 3.45. The van der Waals surface area contributed by atoms with Crippen LogP contribution >= 0.6 is 11.6 Å². The standard InChI is InChI=1S/C18H19ClN4/c1-12-9-18(21-17-10-14(19)4-5-15(12)17)23-8-2-3-13(11-23)16-6-7-20-22-16/h4-7,9-10,13H,2-3,8,11H2,1H3,(H,20,22)/t13-/m1/s1. The number of halogens is 1. The van der Waals surface area contributed by atoms with Crippen molar-refractivity contribution in [1.29, 1.82) is 0 Å². The first kappa shape index (κ1) is 14.5. The van der Waals surface area contributed by atoms with Crippen LogP contribution in [0.1, 0.15) is 30.0 Å². The number of anilines is 1. The van der Waals surface area contributed by atoms with Gasteiger partial charge in [-0.05, 0) is 49.6 Å². The van der Waals surface area contributed by atoms with Crippen LogP contribution in [0.15, 0.2) is 36.5 Å². The van der Waals surface area contributed by atoms with Crippen molar-refractivity contribution >= 4 is 28.3 Å². The van der Waals surface area contributed by atoms with Gasteiger partial charge in [0.15, 0.2) is 0 Å². The Labute approximate surface area is 140 Å². The molecule has 4 nitrogen and oxygen atoms in total. The van der Waals surface area contributed by atoms with Crippen LogP contribution in [-0.4, -0.2) is 28.3 Å². The van der Waals surface area contributed by atoms with E-state index >= 15 is 0 Å². The smallest absolute Gasteiger partial charge is 0.129 e. The van der Waals surface area contributed by atoms with E-state index in [2.05, 4.69) is 34.2 Å². The summed E-state index contributed by atoms with van der Waals surface area (Å²) in [6.45, 7) is 4.15. The van der Waals surface area contributed by atoms with Gasteiger partial charge in [0.25, 0.3) is 0 Å². The van der Waals surface area contributed by atoms with Crippen molar-refractivity contribution in [2.24, 2.45) is 0 Å². The number of aryl methyl sites for hydroxylation is 1. The van der Waals surface area contributed by atoms with Crippen molar-refractivity contribution in [1.82, 2.24) is 15.2 Å². The highest BCUT2D eigenvalue weighted by molar-refractivity contribution is 6.31. The fraction of sp³-hybridized carbons (Fsp3) is 0.333. The van der Waals surface area contributed by atoms with Gasteiger partial charge < -0.3 is 4.90 Å². The SMILES string of the molecule is Cc1cc(N2CCC[C@@H](c3ccn[nH]3)C2)nc2cc(Cl)ccc12. The number of benzene rings is 1. The Balaban J connectivity index is 1.68. The number of rotatable bonds is 2. The van der Waals surface area contributed by atoms with E-state index in [1.165, 1.54) is 23.1 Å². The van der Waals surface area contributed by atoms with Gasteiger partial charge in [0.2, 0.25) is 0 Å². The lowest BCUT2D eigenvalue weighted by molar-refractivity contribution is 0.498. The first-order valence-corrected chi connectivity index (χ1v) is 8.39. The summed E-state index contributed by atoms with van der Waals surface area (Å²) in [7, 11) is 0. The Bertz CT molecular complexity index is 828. The quantitative estimate of drug-likeness (QED) is 0.763. The van der Waals surface area contributed by atoms with Crippen molar-refractivity contribution in [3.05, 3.63) is 52.8 Å². The number of nitrogens with zero attached hydrogens (tertiary/aromatic N) is 3. The number of hydrogen-bond donors (Lipinski definition) is 1. The average Bonchev–Trinajstić information content (AvgIpc) is 3.09. The van der Waals surface area contributed by atoms with Crippen LogP contribution in [0, 0.1) is 6.92 Å². The summed E-state index contributed by atoms with van der Waals surface area (Å²) in [6.07, 6.45) is 4.18. The van der Waals surface area contributed by atoms with Gasteiger partial charge >= 0.3 is 0 Å². The van der Waals surface area contributed by atoms with E-state index in [4.69, 9.17) is 16.6 Å². The first-order chi connectivity index (χ1) is 11.2. The molecule has 1 atom stereocenters. The van der Waals surface area contributed by atoms with Gasteiger partial charge in [-0.1, -0.05) is 17.7 Å². The molecule has 4 rings (SSSR count). The third kappa shape index (κ3) is 2.79. The lowest BCUT2D eigenvalue weighted by Crippen LogP contribution is -2.35. The lowest BCUT2D eigenvalue weighted by atomic mass is 9.95. The van der Waals surface area contributed by atoms with Crippen molar-refractivity contribution in [2.45, 2.75) is 25.7 Å². The molecule has 0 bridgehead atoms. The summed E-state index contributed by atoms with van der Waals surface area (Å²) in [5.41, 5.74) is 3.43. The average molecular weight is 327 g/mol. The highest BCUT2D eigenvalue weighted by Crippen LogP contribution is 2.30. The molecule has 118 valence electrons. The monoisotopic (exact) mass is 326 g/mol. The van der Waals surface area contributed by atoms with Crippen LogP contribution in [0.25, 0.3) is 10.9 Å². The van der Waals surface area contributed by atoms with Gasteiger partial charge in [-0.15, -0.1) is 0 Å². The van der Waals surface area contributed by atoms with Crippen LogP contribution in [0.3, 0.4) is 0 Å². The number of aromatic amines is 1. The highest BCUT2D eigenvalue weighted by Gasteiger charge is 2.23. The summed E-state index contributed by atoms with van der Waals surface area (Å²) in [5, 5.41) is 9.10. The predicted octanol–water partition coefficient (Wildman–Crippen LogP) is 4.30. The van der Waals surface area contributed by atoms with Crippen molar-refractivity contribution < 1.29 is 0 Å². The Hall–Kier alpha value is -2.07. The summed E-state index contributed by atoms with van der Waals surface area (Å²) in [6, 6.07) is 10.2. The molecule has 0 aliphatic carbocycles. The molecule has 1 saturated heterocycles. The maximum Gasteiger partial charge on any atom is 0.129 e. The van der Waals surface area contributed by atoms with E-state index in [9.17, 15) is 0 Å². The van der Waals surface area contributed by atoms with Crippen molar-refractivity contribution in [3.63, 3.8) is 0 Å². The summed E-state index contributed by atoms with van der Waals surface area (Å²) < 4.78 is 0. The van der Waals surface area contributed by atoms with Crippen LogP contribution < -0.4 is 4.90 Å². The van der Waals surface area contributed by atoms with E-state index in [1.807, 2.05) is 24.4 Å². The van der Waals surface area contributed by atoms with Gasteiger partial charge in [-0.25, -0.2) is 4.98 Å². The van der Waals surface area contributed by atoms with Gasteiger partial charge in [-0.2, -0.15) is 5.10 Å². The molecule has 1 fully saturated rings. The third-order valence-electron chi connectivity index (χ3n) is 4.67. The maximum absolute atomic E-state index is 6.14. The Morgan fingerprint density at radius 2 is 2.17 bits per heavy atom. The number of aromatic nitrogens is 3. The van der Waals surface area contributed by atoms with Crippen LogP contribution in [-0.2, 0) is 0 Å². The highest BCUT2D eigenvalue weighted by atomic mass is 35.5. The molecule has 1 N–H and O–H groups in total. The van der Waals surface area contributed by atoms with E-state index in [0.29, 0.717) is 5.92 Å². The molecule has 23 heavy (non-hydrogen) atoms. The number of H-pyrrole nitrogens is 1. The Morgan fingerprint density at radius 3 is 3.00 bits per heavy atom. The molecule has 0 spiro atoms. The van der Waals surface area contributed by atoms with Crippen LogP contribution in [0.5, 0.6) is 0 Å². The molecule has 1 aromatic carbocycles. The van der Waals surface area contributed by atoms with Crippen molar-refractivity contribution in [2.75, 3.05) is 18.0 Å². The third-order valence-corrected chi connectivity index (χ3v) is 4.91. The molecule has 5 heteroatoms. The zero-order valence-corrected chi connectivity index (χ0v) is 13.8. The minimum Gasteiger partial charge on any atom is -0.356 e. The predicted molar refractivity (Wildman–Crippen MR) is 94.3 cm³/mol. The van der Waals surface area contributed by atoms with Gasteiger partial charge in [-0.3, -0.25) is 5.10 Å². The van der Waals surface area contributed by atoms with E-state index < -0.39 is 0 Å². The molecule has 2 aromatic heterocycles. The number of pyridine rings is 1. The molecule has 3 aromatic rings. The summed E-state index contributed by atoms with van der Waals surface area (Å²) in [4.78, 5) is 7.23. The first-order valence-electron chi connectivity index (χ1n) is 8.02. The Kier molecular flexibility index (Phi) is 3.69. The second-order valence-corrected chi connectivity index (χ2v) is 6.69. The topological polar surface area (TPSA) is 44.8 Å². The van der Waals surface area contributed by atoms with E-state index in [-0.39, 0.29) is 0 Å². The second-order valence-electron chi connectivity index (χ2n) is 6.26. The molecule has 0 amide bonds. The zero-order chi connectivity index (χ0) is 15.8. The molecule has 3 heterocycles. The molecular weight excluding hydrogens is 308 g/mol. The Morgan fingerprint density at radius 1 is 1.26 bits per heavy atom. The number of nitrogens with one attached hydrogen (secondary N) is 1. The van der Waals surface area contributed by atoms with Crippen LogP contribution in [0.4, 0.5) is 5.82 Å². The number of fused-ring (bicyclic) bond motifs is 1. The fourth-order valence-corrected chi connectivity index (χ4v) is 3.62. The normalized spacial score (nSPS) is 18.5. The number of hydrogen-bond acceptors (Lipinski definition) is 3. The molecule has 0 unspecified atom stereocenters. The summed E-state index contributed by atoms with van der Waals surface area (Å²) in [5.74, 6) is 1.53. The second kappa shape index (κ2) is 5.85. The van der Waals surface area contributed by atoms with Gasteiger partial charge in [0.05, 0.1) is 5.52 Å². The lowest BCUT2D eigenvalue weighted by Gasteiger charge is -2.33. The van der Waals surface area contributed by atoms with Crippen LogP contribution in [0.2, 0.25) is 5.02 Å². The minimum absolute atomic E-state index is 0.489. The van der Waals surface area contributed by atoms with Gasteiger partial charge in [0.1, 0.15) is 5.82 Å².